The van der Waals surface area contributed by atoms with Crippen LogP contribution in [0.1, 0.15) is 32.6 Å². The van der Waals surface area contributed by atoms with Crippen molar-refractivity contribution in [3.8, 4) is 0 Å². The Hall–Kier alpha value is -1.92. The van der Waals surface area contributed by atoms with Crippen LogP contribution < -0.4 is 10.2 Å². The number of anilines is 1. The molecule has 0 aliphatic carbocycles. The molecule has 2 aliphatic heterocycles. The first-order chi connectivity index (χ1) is 12.1. The summed E-state index contributed by atoms with van der Waals surface area (Å²) in [6.07, 6.45) is 2.58. The van der Waals surface area contributed by atoms with Crippen LogP contribution in [0, 0.1) is 0 Å². The zero-order chi connectivity index (χ0) is 17.6. The number of benzene rings is 1. The number of carbonyl (C=O) groups excluding carboxylic acids is 2. The van der Waals surface area contributed by atoms with Gasteiger partial charge in [-0.3, -0.25) is 9.59 Å². The van der Waals surface area contributed by atoms with Gasteiger partial charge in [0, 0.05) is 31.5 Å². The Morgan fingerprint density at radius 1 is 1.12 bits per heavy atom. The van der Waals surface area contributed by atoms with Gasteiger partial charge in [0.05, 0.1) is 0 Å². The van der Waals surface area contributed by atoms with Crippen molar-refractivity contribution in [3.63, 3.8) is 0 Å². The van der Waals surface area contributed by atoms with Crippen LogP contribution in [0.15, 0.2) is 30.3 Å². The summed E-state index contributed by atoms with van der Waals surface area (Å²) in [6.45, 7) is 3.58. The van der Waals surface area contributed by atoms with Crippen LogP contribution in [-0.4, -0.2) is 49.8 Å². The predicted octanol–water partition coefficient (Wildman–Crippen LogP) is 1.88. The first-order valence-corrected chi connectivity index (χ1v) is 9.05. The average Bonchev–Trinajstić information content (AvgIpc) is 3.33. The summed E-state index contributed by atoms with van der Waals surface area (Å²) in [5, 5.41) is 2.97. The fourth-order valence-corrected chi connectivity index (χ4v) is 3.32. The fourth-order valence-electron chi connectivity index (χ4n) is 3.32. The molecule has 0 radical (unpaired) electrons. The summed E-state index contributed by atoms with van der Waals surface area (Å²) in [5.74, 6) is -0.135. The van der Waals surface area contributed by atoms with E-state index >= 15 is 0 Å². The number of rotatable bonds is 6. The Morgan fingerprint density at radius 2 is 1.76 bits per heavy atom. The molecule has 1 N–H and O–H groups in total. The molecule has 1 aromatic rings. The second-order valence-electron chi connectivity index (χ2n) is 6.70. The molecule has 0 spiro atoms. The lowest BCUT2D eigenvalue weighted by molar-refractivity contribution is -0.131. The molecule has 25 heavy (non-hydrogen) atoms. The van der Waals surface area contributed by atoms with Gasteiger partial charge in [-0.2, -0.15) is 0 Å². The number of amides is 2. The third kappa shape index (κ3) is 4.58. The number of nitrogens with zero attached hydrogens (tertiary/aromatic N) is 1. The van der Waals surface area contributed by atoms with E-state index in [1.54, 1.807) is 4.90 Å². The van der Waals surface area contributed by atoms with Gasteiger partial charge in [0.1, 0.15) is 12.2 Å². The van der Waals surface area contributed by atoms with Crippen molar-refractivity contribution in [3.05, 3.63) is 30.3 Å². The molecule has 0 bridgehead atoms. The lowest BCUT2D eigenvalue weighted by atomic mass is 10.1. The molecule has 0 aromatic heterocycles. The van der Waals surface area contributed by atoms with Crippen LogP contribution >= 0.6 is 0 Å². The minimum absolute atomic E-state index is 0.0399. The van der Waals surface area contributed by atoms with E-state index in [9.17, 15) is 9.59 Å². The monoisotopic (exact) mass is 346 g/mol. The molecular formula is C19H26N2O4. The Kier molecular flexibility index (Phi) is 6.04. The zero-order valence-electron chi connectivity index (χ0n) is 14.6. The van der Waals surface area contributed by atoms with E-state index in [2.05, 4.69) is 5.32 Å². The van der Waals surface area contributed by atoms with Gasteiger partial charge in [-0.05, 0) is 44.7 Å². The SMILES string of the molecule is C[C@H](CN(C(=O)[C@H]1CCCO1)c1ccccc1)NC(=O)[C@H]1CCCO1. The van der Waals surface area contributed by atoms with Crippen molar-refractivity contribution in [1.82, 2.24) is 5.32 Å². The number of hydrogen-bond acceptors (Lipinski definition) is 4. The Balaban J connectivity index is 1.66. The van der Waals surface area contributed by atoms with Gasteiger partial charge in [-0.15, -0.1) is 0 Å². The van der Waals surface area contributed by atoms with Crippen LogP contribution in [0.3, 0.4) is 0 Å². The highest BCUT2D eigenvalue weighted by Crippen LogP contribution is 2.21. The Bertz CT molecular complexity index is 580. The summed E-state index contributed by atoms with van der Waals surface area (Å²) in [7, 11) is 0. The van der Waals surface area contributed by atoms with Crippen LogP contribution in [0.25, 0.3) is 0 Å². The van der Waals surface area contributed by atoms with Gasteiger partial charge in [0.2, 0.25) is 5.91 Å². The van der Waals surface area contributed by atoms with E-state index in [-0.39, 0.29) is 30.1 Å². The smallest absolute Gasteiger partial charge is 0.256 e. The molecule has 3 atom stereocenters. The number of para-hydroxylation sites is 1. The van der Waals surface area contributed by atoms with E-state index in [0.29, 0.717) is 19.8 Å². The van der Waals surface area contributed by atoms with Crippen LogP contribution in [0.2, 0.25) is 0 Å². The molecule has 2 heterocycles. The molecule has 1 aromatic carbocycles. The second-order valence-corrected chi connectivity index (χ2v) is 6.70. The van der Waals surface area contributed by atoms with Crippen molar-refractivity contribution < 1.29 is 19.1 Å². The Morgan fingerprint density at radius 3 is 2.36 bits per heavy atom. The van der Waals surface area contributed by atoms with Crippen LogP contribution in [0.4, 0.5) is 5.69 Å². The summed E-state index contributed by atoms with van der Waals surface area (Å²) in [5.41, 5.74) is 0.821. The molecule has 6 nitrogen and oxygen atoms in total. The van der Waals surface area contributed by atoms with Crippen molar-refractivity contribution in [2.24, 2.45) is 0 Å². The minimum atomic E-state index is -0.388. The van der Waals surface area contributed by atoms with Crippen LogP contribution in [0.5, 0.6) is 0 Å². The number of nitrogens with one attached hydrogen (secondary N) is 1. The quantitative estimate of drug-likeness (QED) is 0.854. The van der Waals surface area contributed by atoms with Gasteiger partial charge in [-0.1, -0.05) is 18.2 Å². The predicted molar refractivity (Wildman–Crippen MR) is 94.3 cm³/mol. The lowest BCUT2D eigenvalue weighted by Crippen LogP contribution is -2.49. The molecule has 2 amide bonds. The second kappa shape index (κ2) is 8.45. The maximum absolute atomic E-state index is 12.9. The molecule has 6 heteroatoms. The first-order valence-electron chi connectivity index (χ1n) is 9.05. The summed E-state index contributed by atoms with van der Waals surface area (Å²) >= 11 is 0. The van der Waals surface area contributed by atoms with Crippen molar-refractivity contribution >= 4 is 17.5 Å². The molecule has 2 aliphatic rings. The Labute approximate surface area is 148 Å². The molecule has 0 unspecified atom stereocenters. The summed E-state index contributed by atoms with van der Waals surface area (Å²) in [6, 6.07) is 9.35. The first kappa shape index (κ1) is 17.9. The van der Waals surface area contributed by atoms with Gasteiger partial charge >= 0.3 is 0 Å². The molecule has 3 rings (SSSR count). The third-order valence-electron chi connectivity index (χ3n) is 4.61. The van der Waals surface area contributed by atoms with E-state index in [0.717, 1.165) is 31.4 Å². The largest absolute Gasteiger partial charge is 0.368 e. The molecule has 2 saturated heterocycles. The minimum Gasteiger partial charge on any atom is -0.368 e. The molecular weight excluding hydrogens is 320 g/mol. The molecule has 136 valence electrons. The van der Waals surface area contributed by atoms with Crippen molar-refractivity contribution in [2.45, 2.75) is 50.9 Å². The normalized spacial score (nSPS) is 24.0. The highest BCUT2D eigenvalue weighted by atomic mass is 16.5. The lowest BCUT2D eigenvalue weighted by Gasteiger charge is -2.29. The molecule has 0 saturated carbocycles. The maximum atomic E-state index is 12.9. The van der Waals surface area contributed by atoms with E-state index in [1.807, 2.05) is 37.3 Å². The standard InChI is InChI=1S/C19H26N2O4/c1-14(20-18(22)16-9-5-11-24-16)13-21(15-7-3-2-4-8-15)19(23)17-10-6-12-25-17/h2-4,7-8,14,16-17H,5-6,9-13H2,1H3,(H,20,22)/t14-,16-,17-/m1/s1. The van der Waals surface area contributed by atoms with Gasteiger partial charge in [0.25, 0.3) is 5.91 Å². The van der Waals surface area contributed by atoms with Gasteiger partial charge < -0.3 is 19.7 Å². The van der Waals surface area contributed by atoms with E-state index in [4.69, 9.17) is 9.47 Å². The average molecular weight is 346 g/mol. The van der Waals surface area contributed by atoms with E-state index in [1.165, 1.54) is 0 Å². The summed E-state index contributed by atoms with van der Waals surface area (Å²) in [4.78, 5) is 26.8. The van der Waals surface area contributed by atoms with E-state index < -0.39 is 0 Å². The highest BCUT2D eigenvalue weighted by molar-refractivity contribution is 5.96. The maximum Gasteiger partial charge on any atom is 0.256 e. The highest BCUT2D eigenvalue weighted by Gasteiger charge is 2.31. The van der Waals surface area contributed by atoms with Crippen molar-refractivity contribution in [1.29, 1.82) is 0 Å². The third-order valence-corrected chi connectivity index (χ3v) is 4.61. The number of carbonyl (C=O) groups is 2. The summed E-state index contributed by atoms with van der Waals surface area (Å²) < 4.78 is 11.0. The van der Waals surface area contributed by atoms with Crippen LogP contribution in [-0.2, 0) is 19.1 Å². The number of ether oxygens (including phenoxy) is 2. The molecule has 2 fully saturated rings. The van der Waals surface area contributed by atoms with Gasteiger partial charge in [0.15, 0.2) is 0 Å². The zero-order valence-corrected chi connectivity index (χ0v) is 14.6. The number of hydrogen-bond donors (Lipinski definition) is 1. The topological polar surface area (TPSA) is 67.9 Å². The van der Waals surface area contributed by atoms with Gasteiger partial charge in [-0.25, -0.2) is 0 Å². The van der Waals surface area contributed by atoms with Crippen molar-refractivity contribution in [2.75, 3.05) is 24.7 Å². The fraction of sp³-hybridized carbons (Fsp3) is 0.579.